The number of rotatable bonds is 4. The number of halogens is 4. The minimum atomic E-state index is -0.154. The van der Waals surface area contributed by atoms with Gasteiger partial charge in [0.15, 0.2) is 0 Å². The maximum atomic E-state index is 12.9. The van der Waals surface area contributed by atoms with Crippen LogP contribution >= 0.6 is 66.4 Å². The highest BCUT2D eigenvalue weighted by Crippen LogP contribution is 2.44. The average molecular weight is 581 g/mol. The van der Waals surface area contributed by atoms with E-state index in [1.807, 2.05) is 16.1 Å². The normalized spacial score (nSPS) is 20.1. The first-order chi connectivity index (χ1) is 13.9. The third-order valence-corrected chi connectivity index (χ3v) is 8.83. The van der Waals surface area contributed by atoms with Crippen molar-refractivity contribution in [1.82, 2.24) is 10.4 Å². The number of piperidine rings is 1. The summed E-state index contributed by atoms with van der Waals surface area (Å²) in [4.78, 5) is 14.0. The summed E-state index contributed by atoms with van der Waals surface area (Å²) in [6.45, 7) is 1.75. The molecule has 154 valence electrons. The largest absolute Gasteiger partial charge is 0.284 e. The molecule has 0 bridgehead atoms. The number of carbonyl (C=O) groups excluding carboxylic acids is 1. The number of hydrogen-bond donors (Lipinski definition) is 1. The molecule has 0 saturated carbocycles. The van der Waals surface area contributed by atoms with E-state index in [9.17, 15) is 4.79 Å². The van der Waals surface area contributed by atoms with Gasteiger partial charge in [-0.2, -0.15) is 5.10 Å². The van der Waals surface area contributed by atoms with Crippen LogP contribution in [-0.2, 0) is 4.79 Å². The van der Waals surface area contributed by atoms with Gasteiger partial charge in [0.1, 0.15) is 5.71 Å². The number of hydrazone groups is 1. The van der Waals surface area contributed by atoms with Gasteiger partial charge < -0.3 is 0 Å². The number of anilines is 1. The fourth-order valence-corrected chi connectivity index (χ4v) is 6.17. The molecule has 0 radical (unpaired) electrons. The Kier molecular flexibility index (Phi) is 6.88. The van der Waals surface area contributed by atoms with Gasteiger partial charge in [0.25, 0.3) is 5.91 Å². The van der Waals surface area contributed by atoms with Gasteiger partial charge in [-0.15, -0.1) is 11.3 Å². The Hall–Kier alpha value is -0.640. The number of benzene rings is 1. The lowest BCUT2D eigenvalue weighted by atomic mass is 10.1. The van der Waals surface area contributed by atoms with E-state index < -0.39 is 0 Å². The molecule has 1 saturated heterocycles. The molecule has 0 aliphatic carbocycles. The van der Waals surface area contributed by atoms with Crippen LogP contribution in [0.3, 0.4) is 0 Å². The second kappa shape index (κ2) is 9.24. The number of nitrogens with zero attached hydrogens (tertiary/aromatic N) is 3. The number of hydrogen-bond acceptors (Lipinski definition) is 5. The molecule has 2 aliphatic heterocycles. The second-order valence-electron chi connectivity index (χ2n) is 6.97. The monoisotopic (exact) mass is 578 g/mol. The fourth-order valence-electron chi connectivity index (χ4n) is 3.50. The highest BCUT2D eigenvalue weighted by atomic mass is 79.9. The van der Waals surface area contributed by atoms with Crippen LogP contribution in [-0.4, -0.2) is 29.7 Å². The van der Waals surface area contributed by atoms with Gasteiger partial charge in [0.2, 0.25) is 0 Å². The molecule has 5 nitrogen and oxygen atoms in total. The van der Waals surface area contributed by atoms with Gasteiger partial charge >= 0.3 is 0 Å². The average Bonchev–Trinajstić information content (AvgIpc) is 3.26. The van der Waals surface area contributed by atoms with Gasteiger partial charge in [-0.3, -0.25) is 15.2 Å². The highest BCUT2D eigenvalue weighted by Gasteiger charge is 2.35. The first-order valence-corrected chi connectivity index (χ1v) is 12.4. The summed E-state index contributed by atoms with van der Waals surface area (Å²) in [6.07, 6.45) is 3.90. The molecule has 3 heterocycles. The van der Waals surface area contributed by atoms with Crippen molar-refractivity contribution >= 4 is 83.7 Å². The van der Waals surface area contributed by atoms with Crippen molar-refractivity contribution in [2.75, 3.05) is 18.1 Å². The lowest BCUT2D eigenvalue weighted by Gasteiger charge is -2.26. The van der Waals surface area contributed by atoms with Gasteiger partial charge in [0.05, 0.1) is 20.5 Å². The van der Waals surface area contributed by atoms with Crippen molar-refractivity contribution in [3.8, 4) is 0 Å². The van der Waals surface area contributed by atoms with Crippen LogP contribution in [0, 0.1) is 0 Å². The summed E-state index contributed by atoms with van der Waals surface area (Å²) in [6, 6.07) is 7.24. The molecule has 10 heteroatoms. The first kappa shape index (κ1) is 21.6. The topological polar surface area (TPSA) is 47.9 Å². The predicted molar refractivity (Wildman–Crippen MR) is 127 cm³/mol. The standard InChI is InChI=1S/C19H18Br2Cl2N4OS/c20-12-9-17(29-18(12)21)16-10-14(19(28)25-26-6-2-1-3-7-26)24-27(16)15-5-4-11(22)8-13(15)23/h4-5,8-9,16H,1-3,6-7,10H2,(H,25,28). The molecule has 2 aromatic rings. The molecular formula is C19H18Br2Cl2N4OS. The fraction of sp³-hybridized carbons (Fsp3) is 0.368. The smallest absolute Gasteiger partial charge is 0.281 e. The third kappa shape index (κ3) is 4.83. The molecule has 1 N–H and O–H groups in total. The van der Waals surface area contributed by atoms with Gasteiger partial charge in [-0.1, -0.05) is 29.6 Å². The van der Waals surface area contributed by atoms with Crippen molar-refractivity contribution < 1.29 is 4.79 Å². The Morgan fingerprint density at radius 3 is 2.59 bits per heavy atom. The van der Waals surface area contributed by atoms with E-state index >= 15 is 0 Å². The Morgan fingerprint density at radius 1 is 1.17 bits per heavy atom. The van der Waals surface area contributed by atoms with E-state index in [0.29, 0.717) is 22.2 Å². The molecule has 1 amide bonds. The molecule has 4 rings (SSSR count). The second-order valence-corrected chi connectivity index (χ2v) is 11.1. The van der Waals surface area contributed by atoms with Crippen LogP contribution < -0.4 is 10.4 Å². The summed E-state index contributed by atoms with van der Waals surface area (Å²) in [5.41, 5.74) is 4.23. The highest BCUT2D eigenvalue weighted by molar-refractivity contribution is 9.13. The molecule has 1 aromatic heterocycles. The number of hydrazine groups is 1. The Labute approximate surface area is 200 Å². The van der Waals surface area contributed by atoms with Crippen molar-refractivity contribution in [1.29, 1.82) is 0 Å². The predicted octanol–water partition coefficient (Wildman–Crippen LogP) is 6.40. The minimum Gasteiger partial charge on any atom is -0.284 e. The summed E-state index contributed by atoms with van der Waals surface area (Å²) in [5.74, 6) is -0.154. The molecule has 2 aliphatic rings. The molecule has 29 heavy (non-hydrogen) atoms. The van der Waals surface area contributed by atoms with E-state index in [1.54, 1.807) is 23.5 Å². The number of carbonyl (C=O) groups is 1. The molecule has 1 fully saturated rings. The third-order valence-electron chi connectivity index (χ3n) is 4.94. The van der Waals surface area contributed by atoms with Crippen molar-refractivity contribution in [2.45, 2.75) is 31.7 Å². The summed E-state index contributed by atoms with van der Waals surface area (Å²) >= 11 is 21.3. The van der Waals surface area contributed by atoms with Crippen LogP contribution in [0.15, 0.2) is 37.6 Å². The Morgan fingerprint density at radius 2 is 1.93 bits per heavy atom. The van der Waals surface area contributed by atoms with Crippen molar-refractivity contribution in [2.24, 2.45) is 5.10 Å². The minimum absolute atomic E-state index is 0.122. The van der Waals surface area contributed by atoms with Crippen LogP contribution in [0.4, 0.5) is 5.69 Å². The number of nitrogens with one attached hydrogen (secondary N) is 1. The van der Waals surface area contributed by atoms with Crippen LogP contribution in [0.2, 0.25) is 10.0 Å². The number of thiophene rings is 1. The Balaban J connectivity index is 1.63. The maximum absolute atomic E-state index is 12.9. The van der Waals surface area contributed by atoms with Gasteiger partial charge in [-0.25, -0.2) is 5.01 Å². The Bertz CT molecular complexity index is 942. The zero-order chi connectivity index (χ0) is 20.5. The quantitative estimate of drug-likeness (QED) is 0.455. The van der Waals surface area contributed by atoms with Crippen molar-refractivity contribution in [3.63, 3.8) is 0 Å². The zero-order valence-corrected chi connectivity index (χ0v) is 20.8. The SMILES string of the molecule is O=C(NN1CCCCC1)C1=NN(c2ccc(Cl)cc2Cl)C(c2cc(Br)c(Br)s2)C1. The van der Waals surface area contributed by atoms with Gasteiger partial charge in [-0.05, 0) is 69.0 Å². The molecule has 0 spiro atoms. The van der Waals surface area contributed by atoms with E-state index in [-0.39, 0.29) is 11.9 Å². The molecule has 1 unspecified atom stereocenters. The molecular weight excluding hydrogens is 563 g/mol. The van der Waals surface area contributed by atoms with Crippen LogP contribution in [0.25, 0.3) is 0 Å². The van der Waals surface area contributed by atoms with E-state index in [4.69, 9.17) is 23.2 Å². The zero-order valence-electron chi connectivity index (χ0n) is 15.3. The molecule has 1 atom stereocenters. The lowest BCUT2D eigenvalue weighted by molar-refractivity contribution is -0.119. The number of amides is 1. The molecule has 1 aromatic carbocycles. The summed E-state index contributed by atoms with van der Waals surface area (Å²) < 4.78 is 1.98. The maximum Gasteiger partial charge on any atom is 0.281 e. The van der Waals surface area contributed by atoms with E-state index in [1.165, 1.54) is 6.42 Å². The van der Waals surface area contributed by atoms with Crippen LogP contribution in [0.1, 0.15) is 36.6 Å². The lowest BCUT2D eigenvalue weighted by Crippen LogP contribution is -2.47. The van der Waals surface area contributed by atoms with E-state index in [2.05, 4.69) is 48.5 Å². The summed E-state index contributed by atoms with van der Waals surface area (Å²) in [7, 11) is 0. The van der Waals surface area contributed by atoms with E-state index in [0.717, 1.165) is 44.8 Å². The van der Waals surface area contributed by atoms with Gasteiger partial charge in [0, 0.05) is 33.9 Å². The van der Waals surface area contributed by atoms with Crippen molar-refractivity contribution in [3.05, 3.63) is 47.4 Å². The van der Waals surface area contributed by atoms with Crippen LogP contribution in [0.5, 0.6) is 0 Å². The first-order valence-electron chi connectivity index (χ1n) is 9.25. The summed E-state index contributed by atoms with van der Waals surface area (Å²) in [5, 5.41) is 9.54.